The molecule has 5 nitrogen and oxygen atoms in total. The molecule has 0 atom stereocenters. The van der Waals surface area contributed by atoms with Gasteiger partial charge < -0.3 is 15.5 Å². The quantitative estimate of drug-likeness (QED) is 0.760. The van der Waals surface area contributed by atoms with Gasteiger partial charge in [-0.2, -0.15) is 4.98 Å². The van der Waals surface area contributed by atoms with Crippen LogP contribution in [0.2, 0.25) is 5.02 Å². The van der Waals surface area contributed by atoms with Crippen molar-refractivity contribution in [3.63, 3.8) is 0 Å². The Hall–Kier alpha value is -1.92. The molecule has 0 unspecified atom stereocenters. The highest BCUT2D eigenvalue weighted by Gasteiger charge is 2.13. The highest BCUT2D eigenvalue weighted by Crippen LogP contribution is 2.19. The first-order chi connectivity index (χ1) is 12.6. The summed E-state index contributed by atoms with van der Waals surface area (Å²) < 4.78 is 0. The smallest absolute Gasteiger partial charge is 0.231 e. The molecule has 2 aromatic rings. The van der Waals surface area contributed by atoms with Gasteiger partial charge in [0, 0.05) is 36.4 Å². The second kappa shape index (κ2) is 9.14. The molecule has 7 heteroatoms. The van der Waals surface area contributed by atoms with E-state index < -0.39 is 0 Å². The van der Waals surface area contributed by atoms with Gasteiger partial charge in [-0.15, -0.1) is 0 Å². The minimum Gasteiger partial charge on any atom is -0.358 e. The monoisotopic (exact) mass is 389 g/mol. The summed E-state index contributed by atoms with van der Waals surface area (Å²) in [4.78, 5) is 11.5. The van der Waals surface area contributed by atoms with Crippen molar-refractivity contribution in [1.82, 2.24) is 15.3 Å². The second-order valence-corrected chi connectivity index (χ2v) is 7.37. The first kappa shape index (κ1) is 18.9. The lowest BCUT2D eigenvalue weighted by Gasteiger charge is -2.22. The number of halogens is 1. The fourth-order valence-corrected chi connectivity index (χ4v) is 3.29. The molecule has 0 bridgehead atoms. The third-order valence-electron chi connectivity index (χ3n) is 4.36. The Balaban J connectivity index is 1.61. The fourth-order valence-electron chi connectivity index (χ4n) is 3.00. The summed E-state index contributed by atoms with van der Waals surface area (Å²) in [5.41, 5.74) is 2.04. The minimum atomic E-state index is 0.507. The summed E-state index contributed by atoms with van der Waals surface area (Å²) in [5.74, 6) is 1.51. The van der Waals surface area contributed by atoms with E-state index in [9.17, 15) is 0 Å². The zero-order valence-corrected chi connectivity index (χ0v) is 16.5. The molecule has 3 rings (SSSR count). The van der Waals surface area contributed by atoms with E-state index in [1.54, 1.807) is 0 Å². The van der Waals surface area contributed by atoms with Crippen molar-refractivity contribution < 1.29 is 0 Å². The van der Waals surface area contributed by atoms with Gasteiger partial charge in [0.25, 0.3) is 0 Å². The van der Waals surface area contributed by atoms with Crippen LogP contribution in [-0.2, 0) is 6.54 Å². The highest BCUT2D eigenvalue weighted by molar-refractivity contribution is 7.80. The molecule has 1 aliphatic rings. The summed E-state index contributed by atoms with van der Waals surface area (Å²) in [6.45, 7) is 4.70. The lowest BCUT2D eigenvalue weighted by molar-refractivity contribution is 0.726. The van der Waals surface area contributed by atoms with Crippen LogP contribution in [0, 0.1) is 6.92 Å². The molecule has 2 N–H and O–H groups in total. The van der Waals surface area contributed by atoms with E-state index in [-0.39, 0.29) is 0 Å². The zero-order valence-electron chi connectivity index (χ0n) is 15.0. The van der Waals surface area contributed by atoms with Gasteiger partial charge >= 0.3 is 0 Å². The van der Waals surface area contributed by atoms with Gasteiger partial charge in [0.15, 0.2) is 5.11 Å². The van der Waals surface area contributed by atoms with Gasteiger partial charge in [-0.05, 0) is 49.7 Å². The molecular formula is C19H24ClN5S. The summed E-state index contributed by atoms with van der Waals surface area (Å²) in [5, 5.41) is 7.52. The van der Waals surface area contributed by atoms with Crippen molar-refractivity contribution in [2.45, 2.75) is 39.2 Å². The Kier molecular flexibility index (Phi) is 6.63. The van der Waals surface area contributed by atoms with Crippen LogP contribution >= 0.6 is 23.8 Å². The molecule has 0 saturated carbocycles. The van der Waals surface area contributed by atoms with Gasteiger partial charge in [0.05, 0.1) is 0 Å². The molecular weight excluding hydrogens is 366 g/mol. The molecule has 0 radical (unpaired) electrons. The molecule has 0 spiro atoms. The van der Waals surface area contributed by atoms with E-state index in [1.807, 2.05) is 37.3 Å². The average Bonchev–Trinajstić information content (AvgIpc) is 2.90. The van der Waals surface area contributed by atoms with Gasteiger partial charge in [-0.25, -0.2) is 4.98 Å². The average molecular weight is 390 g/mol. The number of rotatable bonds is 4. The van der Waals surface area contributed by atoms with Gasteiger partial charge in [-0.1, -0.05) is 36.6 Å². The lowest BCUT2D eigenvalue weighted by Crippen LogP contribution is -2.30. The number of hydrogen-bond acceptors (Lipinski definition) is 4. The normalized spacial score (nSPS) is 14.6. The molecule has 1 fully saturated rings. The van der Waals surface area contributed by atoms with E-state index in [2.05, 4.69) is 25.5 Å². The van der Waals surface area contributed by atoms with Crippen molar-refractivity contribution in [1.29, 1.82) is 0 Å². The second-order valence-electron chi connectivity index (χ2n) is 6.53. The van der Waals surface area contributed by atoms with Gasteiger partial charge in [-0.3, -0.25) is 0 Å². The molecule has 26 heavy (non-hydrogen) atoms. The maximum atomic E-state index is 5.91. The summed E-state index contributed by atoms with van der Waals surface area (Å²) in [6, 6.07) is 9.72. The van der Waals surface area contributed by atoms with Crippen molar-refractivity contribution >= 4 is 40.7 Å². The molecule has 0 aliphatic carbocycles. The minimum absolute atomic E-state index is 0.507. The van der Waals surface area contributed by atoms with Crippen molar-refractivity contribution in [3.8, 4) is 0 Å². The number of nitrogens with one attached hydrogen (secondary N) is 2. The van der Waals surface area contributed by atoms with Crippen LogP contribution in [0.3, 0.4) is 0 Å². The molecule has 1 aromatic carbocycles. The van der Waals surface area contributed by atoms with Crippen molar-refractivity contribution in [2.24, 2.45) is 0 Å². The third kappa shape index (κ3) is 5.54. The fraction of sp³-hybridized carbons (Fsp3) is 0.421. The lowest BCUT2D eigenvalue weighted by atomic mass is 10.2. The predicted molar refractivity (Wildman–Crippen MR) is 112 cm³/mol. The molecule has 1 aromatic heterocycles. The summed E-state index contributed by atoms with van der Waals surface area (Å²) >= 11 is 11.3. The van der Waals surface area contributed by atoms with Gasteiger partial charge in [0.1, 0.15) is 5.82 Å². The van der Waals surface area contributed by atoms with E-state index in [1.165, 1.54) is 25.7 Å². The van der Waals surface area contributed by atoms with E-state index in [0.717, 1.165) is 35.2 Å². The zero-order chi connectivity index (χ0) is 18.4. The van der Waals surface area contributed by atoms with Crippen LogP contribution < -0.4 is 15.5 Å². The van der Waals surface area contributed by atoms with Crippen LogP contribution in [0.15, 0.2) is 30.3 Å². The Morgan fingerprint density at radius 3 is 2.50 bits per heavy atom. The summed E-state index contributed by atoms with van der Waals surface area (Å²) in [7, 11) is 0. The number of anilines is 2. The maximum absolute atomic E-state index is 5.91. The topological polar surface area (TPSA) is 53.1 Å². The maximum Gasteiger partial charge on any atom is 0.231 e. The molecule has 1 saturated heterocycles. The number of thiocarbonyl (C=S) groups is 1. The Morgan fingerprint density at radius 2 is 1.81 bits per heavy atom. The van der Waals surface area contributed by atoms with Crippen LogP contribution in [0.25, 0.3) is 0 Å². The number of hydrogen-bond donors (Lipinski definition) is 2. The molecule has 1 aliphatic heterocycles. The van der Waals surface area contributed by atoms with Crippen molar-refractivity contribution in [2.75, 3.05) is 23.3 Å². The first-order valence-corrected chi connectivity index (χ1v) is 9.79. The van der Waals surface area contributed by atoms with Gasteiger partial charge in [0.2, 0.25) is 5.95 Å². The van der Waals surface area contributed by atoms with E-state index in [4.69, 9.17) is 23.8 Å². The number of aryl methyl sites for hydroxylation is 1. The highest BCUT2D eigenvalue weighted by atomic mass is 35.5. The Labute approximate surface area is 165 Å². The number of benzene rings is 1. The molecule has 2 heterocycles. The Morgan fingerprint density at radius 1 is 1.12 bits per heavy atom. The van der Waals surface area contributed by atoms with Crippen LogP contribution in [0.1, 0.15) is 36.9 Å². The van der Waals surface area contributed by atoms with Crippen LogP contribution in [-0.4, -0.2) is 28.2 Å². The van der Waals surface area contributed by atoms with Crippen molar-refractivity contribution in [3.05, 3.63) is 46.6 Å². The molecule has 0 amide bonds. The number of aromatic nitrogens is 2. The Bertz CT molecular complexity index is 742. The van der Waals surface area contributed by atoms with Crippen LogP contribution in [0.5, 0.6) is 0 Å². The van der Waals surface area contributed by atoms with E-state index in [0.29, 0.717) is 17.6 Å². The van der Waals surface area contributed by atoms with Crippen LogP contribution in [0.4, 0.5) is 11.8 Å². The molecule has 138 valence electrons. The number of nitrogens with zero attached hydrogens (tertiary/aromatic N) is 3. The first-order valence-electron chi connectivity index (χ1n) is 9.00. The predicted octanol–water partition coefficient (Wildman–Crippen LogP) is 4.31. The summed E-state index contributed by atoms with van der Waals surface area (Å²) in [6.07, 6.45) is 5.02. The largest absolute Gasteiger partial charge is 0.358 e. The third-order valence-corrected chi connectivity index (χ3v) is 4.86. The SMILES string of the molecule is Cc1cc(N2CCCCCC2)nc(NC(=S)NCc2ccc(Cl)cc2)n1. The standard InChI is InChI=1S/C19H24ClN5S/c1-14-12-17(25-10-4-2-3-5-11-25)23-18(22-14)24-19(26)21-13-15-6-8-16(20)9-7-15/h6-9,12H,2-5,10-11,13H2,1H3,(H2,21,22,23,24,26). The van der Waals surface area contributed by atoms with E-state index >= 15 is 0 Å².